The maximum absolute atomic E-state index is 12.9. The molecule has 2 saturated heterocycles. The molecular weight excluding hydrogens is 288 g/mol. The van der Waals surface area contributed by atoms with Crippen LogP contribution in [0.25, 0.3) is 0 Å². The highest BCUT2D eigenvalue weighted by Crippen LogP contribution is 2.30. The Hall–Kier alpha value is -1.93. The van der Waals surface area contributed by atoms with Crippen molar-refractivity contribution >= 4 is 5.91 Å². The minimum Gasteiger partial charge on any atom is -0.333 e. The Morgan fingerprint density at radius 2 is 2.04 bits per heavy atom. The molecule has 2 fully saturated rings. The summed E-state index contributed by atoms with van der Waals surface area (Å²) in [6.45, 7) is 7.00. The molecule has 5 heteroatoms. The largest absolute Gasteiger partial charge is 0.333 e. The van der Waals surface area contributed by atoms with Gasteiger partial charge in [-0.05, 0) is 57.8 Å². The quantitative estimate of drug-likeness (QED) is 0.859. The minimum absolute atomic E-state index is 0.0167. The first-order valence-electron chi connectivity index (χ1n) is 8.58. The fraction of sp³-hybridized carbons (Fsp3) is 0.611. The first kappa shape index (κ1) is 15.9. The lowest BCUT2D eigenvalue weighted by Crippen LogP contribution is -2.48. The summed E-state index contributed by atoms with van der Waals surface area (Å²) in [6.07, 6.45) is 4.56. The molecule has 0 radical (unpaired) electrons. The summed E-state index contributed by atoms with van der Waals surface area (Å²) in [4.78, 5) is 21.8. The van der Waals surface area contributed by atoms with Gasteiger partial charge >= 0.3 is 0 Å². The van der Waals surface area contributed by atoms with Gasteiger partial charge in [-0.1, -0.05) is 6.92 Å². The number of nitrogens with zero attached hydrogens (tertiary/aromatic N) is 4. The van der Waals surface area contributed by atoms with E-state index in [1.165, 1.54) is 12.8 Å². The first-order valence-corrected chi connectivity index (χ1v) is 8.58. The smallest absolute Gasteiger partial charge is 0.272 e. The van der Waals surface area contributed by atoms with Crippen LogP contribution in [0, 0.1) is 18.3 Å². The third-order valence-electron chi connectivity index (χ3n) is 5.25. The topological polar surface area (TPSA) is 60.2 Å². The fourth-order valence-electron chi connectivity index (χ4n) is 4.07. The molecule has 2 aliphatic heterocycles. The SMILES string of the molecule is CCN1CCC[C@H]1[C@@H]1CCCN1C(=O)c1ccc(C#N)c(C)n1. The molecule has 23 heavy (non-hydrogen) atoms. The summed E-state index contributed by atoms with van der Waals surface area (Å²) in [5, 5.41) is 9.01. The van der Waals surface area contributed by atoms with Crippen molar-refractivity contribution < 1.29 is 4.79 Å². The summed E-state index contributed by atoms with van der Waals surface area (Å²) in [5.74, 6) is 0.0167. The average molecular weight is 312 g/mol. The maximum Gasteiger partial charge on any atom is 0.272 e. The van der Waals surface area contributed by atoms with E-state index in [0.717, 1.165) is 32.5 Å². The van der Waals surface area contributed by atoms with Crippen molar-refractivity contribution in [2.45, 2.75) is 51.6 Å². The highest BCUT2D eigenvalue weighted by molar-refractivity contribution is 5.93. The zero-order valence-corrected chi connectivity index (χ0v) is 14.0. The van der Waals surface area contributed by atoms with Crippen LogP contribution in [0.3, 0.4) is 0 Å². The number of likely N-dealkylation sites (N-methyl/N-ethyl adjacent to an activating group) is 1. The number of rotatable bonds is 3. The molecule has 122 valence electrons. The van der Waals surface area contributed by atoms with Crippen molar-refractivity contribution in [2.24, 2.45) is 0 Å². The predicted molar refractivity (Wildman–Crippen MR) is 88.0 cm³/mol. The van der Waals surface area contributed by atoms with Gasteiger partial charge in [-0.2, -0.15) is 5.26 Å². The van der Waals surface area contributed by atoms with Crippen LogP contribution in [0.4, 0.5) is 0 Å². The van der Waals surface area contributed by atoms with Gasteiger partial charge in [0.25, 0.3) is 5.91 Å². The van der Waals surface area contributed by atoms with Crippen LogP contribution in [-0.2, 0) is 0 Å². The Morgan fingerprint density at radius 1 is 1.30 bits per heavy atom. The van der Waals surface area contributed by atoms with Crippen LogP contribution in [0.5, 0.6) is 0 Å². The Labute approximate surface area is 137 Å². The van der Waals surface area contributed by atoms with Crippen molar-refractivity contribution in [1.29, 1.82) is 5.26 Å². The summed E-state index contributed by atoms with van der Waals surface area (Å²) in [5.41, 5.74) is 1.63. The predicted octanol–water partition coefficient (Wildman–Crippen LogP) is 2.35. The molecular formula is C18H24N4O. The molecule has 1 amide bonds. The number of carbonyl (C=O) groups excluding carboxylic acids is 1. The molecule has 0 aromatic carbocycles. The van der Waals surface area contributed by atoms with Gasteiger partial charge in [-0.25, -0.2) is 4.98 Å². The van der Waals surface area contributed by atoms with E-state index < -0.39 is 0 Å². The van der Waals surface area contributed by atoms with Gasteiger partial charge in [0.15, 0.2) is 0 Å². The second kappa shape index (κ2) is 6.67. The van der Waals surface area contributed by atoms with Gasteiger partial charge in [-0.3, -0.25) is 9.69 Å². The molecule has 3 rings (SSSR count). The Kier molecular flexibility index (Phi) is 4.63. The third kappa shape index (κ3) is 2.96. The van der Waals surface area contributed by atoms with E-state index in [1.807, 2.05) is 4.90 Å². The van der Waals surface area contributed by atoms with Crippen molar-refractivity contribution in [3.8, 4) is 6.07 Å². The number of hydrogen-bond acceptors (Lipinski definition) is 4. The van der Waals surface area contributed by atoms with Crippen molar-refractivity contribution in [2.75, 3.05) is 19.6 Å². The van der Waals surface area contributed by atoms with E-state index in [9.17, 15) is 4.79 Å². The van der Waals surface area contributed by atoms with Crippen molar-refractivity contribution in [1.82, 2.24) is 14.8 Å². The summed E-state index contributed by atoms with van der Waals surface area (Å²) >= 11 is 0. The lowest BCUT2D eigenvalue weighted by molar-refractivity contribution is 0.0644. The number of aromatic nitrogens is 1. The molecule has 0 aliphatic carbocycles. The molecule has 2 atom stereocenters. The normalized spacial score (nSPS) is 24.8. The lowest BCUT2D eigenvalue weighted by atomic mass is 10.0. The zero-order chi connectivity index (χ0) is 16.4. The molecule has 0 saturated carbocycles. The summed E-state index contributed by atoms with van der Waals surface area (Å²) in [6, 6.07) is 6.30. The van der Waals surface area contributed by atoms with Gasteiger partial charge in [0.1, 0.15) is 11.8 Å². The maximum atomic E-state index is 12.9. The van der Waals surface area contributed by atoms with Crippen molar-refractivity contribution in [3.63, 3.8) is 0 Å². The van der Waals surface area contributed by atoms with E-state index in [-0.39, 0.29) is 5.91 Å². The second-order valence-corrected chi connectivity index (χ2v) is 6.49. The number of nitriles is 1. The molecule has 0 unspecified atom stereocenters. The number of aryl methyl sites for hydroxylation is 1. The van der Waals surface area contributed by atoms with Crippen LogP contribution in [0.15, 0.2) is 12.1 Å². The van der Waals surface area contributed by atoms with Gasteiger partial charge in [0.05, 0.1) is 11.3 Å². The molecule has 0 spiro atoms. The number of pyridine rings is 1. The minimum atomic E-state index is 0.0167. The standard InChI is InChI=1S/C18H24N4O/c1-3-21-10-4-6-16(21)17-7-5-11-22(17)18(23)15-9-8-14(12-19)13(2)20-15/h8-9,16-17H,3-7,10-11H2,1-2H3/t16-,17-/m0/s1. The van der Waals surface area contributed by atoms with Gasteiger partial charge in [0.2, 0.25) is 0 Å². The second-order valence-electron chi connectivity index (χ2n) is 6.49. The summed E-state index contributed by atoms with van der Waals surface area (Å²) < 4.78 is 0. The van der Waals surface area contributed by atoms with E-state index in [2.05, 4.69) is 22.9 Å². The van der Waals surface area contributed by atoms with Gasteiger partial charge in [0, 0.05) is 18.6 Å². The average Bonchev–Trinajstić information content (AvgIpc) is 3.22. The zero-order valence-electron chi connectivity index (χ0n) is 14.0. The number of amides is 1. The van der Waals surface area contributed by atoms with Crippen LogP contribution in [-0.4, -0.2) is 52.4 Å². The van der Waals surface area contributed by atoms with Crippen LogP contribution >= 0.6 is 0 Å². The van der Waals surface area contributed by atoms with E-state index in [4.69, 9.17) is 5.26 Å². The van der Waals surface area contributed by atoms with Crippen LogP contribution < -0.4 is 0 Å². The highest BCUT2D eigenvalue weighted by Gasteiger charge is 2.39. The molecule has 3 heterocycles. The molecule has 0 bridgehead atoms. The van der Waals surface area contributed by atoms with Crippen molar-refractivity contribution in [3.05, 3.63) is 29.1 Å². The summed E-state index contributed by atoms with van der Waals surface area (Å²) in [7, 11) is 0. The van der Waals surface area contributed by atoms with Crippen LogP contribution in [0.2, 0.25) is 0 Å². The lowest BCUT2D eigenvalue weighted by Gasteiger charge is -2.34. The number of likely N-dealkylation sites (tertiary alicyclic amines) is 2. The number of carbonyl (C=O) groups is 1. The molecule has 0 N–H and O–H groups in total. The molecule has 1 aromatic rings. The molecule has 5 nitrogen and oxygen atoms in total. The van der Waals surface area contributed by atoms with Crippen LogP contribution in [0.1, 0.15) is 54.4 Å². The van der Waals surface area contributed by atoms with E-state index >= 15 is 0 Å². The molecule has 2 aliphatic rings. The first-order chi connectivity index (χ1) is 11.2. The van der Waals surface area contributed by atoms with E-state index in [1.54, 1.807) is 19.1 Å². The fourth-order valence-corrected chi connectivity index (χ4v) is 4.07. The number of hydrogen-bond donors (Lipinski definition) is 0. The molecule has 1 aromatic heterocycles. The Bertz CT molecular complexity index is 636. The Morgan fingerprint density at radius 3 is 2.74 bits per heavy atom. The highest BCUT2D eigenvalue weighted by atomic mass is 16.2. The van der Waals surface area contributed by atoms with E-state index in [0.29, 0.717) is 29.0 Å². The monoisotopic (exact) mass is 312 g/mol. The van der Waals surface area contributed by atoms with Gasteiger partial charge < -0.3 is 4.90 Å². The Balaban J connectivity index is 1.81. The van der Waals surface area contributed by atoms with Gasteiger partial charge in [-0.15, -0.1) is 0 Å². The third-order valence-corrected chi connectivity index (χ3v) is 5.25.